The van der Waals surface area contributed by atoms with Gasteiger partial charge in [-0.25, -0.2) is 0 Å². The highest BCUT2D eigenvalue weighted by atomic mass is 79.9. The second-order valence-corrected chi connectivity index (χ2v) is 4.94. The molecule has 0 spiro atoms. The second kappa shape index (κ2) is 4.63. The van der Waals surface area contributed by atoms with E-state index in [1.165, 1.54) is 0 Å². The van der Waals surface area contributed by atoms with Gasteiger partial charge in [-0.1, -0.05) is 15.9 Å². The predicted octanol–water partition coefficient (Wildman–Crippen LogP) is 3.05. The van der Waals surface area contributed by atoms with E-state index in [1.807, 2.05) is 12.1 Å². The fourth-order valence-corrected chi connectivity index (χ4v) is 1.98. The molecule has 88 valence electrons. The number of halogens is 1. The zero-order chi connectivity index (χ0) is 11.7. The fraction of sp³-hybridized carbons (Fsp3) is 0.500. The maximum absolute atomic E-state index is 9.73. The molecule has 1 fully saturated rings. The quantitative estimate of drug-likeness (QED) is 0.925. The van der Waals surface area contributed by atoms with Crippen LogP contribution >= 0.6 is 15.9 Å². The number of hydrogen-bond acceptors (Lipinski definition) is 3. The molecule has 0 aromatic heterocycles. The zero-order valence-corrected chi connectivity index (χ0v) is 11.0. The maximum atomic E-state index is 9.73. The van der Waals surface area contributed by atoms with Gasteiger partial charge in [0.15, 0.2) is 11.5 Å². The highest BCUT2D eigenvalue weighted by Crippen LogP contribution is 2.41. The van der Waals surface area contributed by atoms with Crippen LogP contribution in [0.25, 0.3) is 0 Å². The predicted molar refractivity (Wildman–Crippen MR) is 65.0 cm³/mol. The van der Waals surface area contributed by atoms with Gasteiger partial charge in [-0.2, -0.15) is 0 Å². The molecule has 1 saturated carbocycles. The third-order valence-corrected chi connectivity index (χ3v) is 2.99. The average molecular weight is 287 g/mol. The van der Waals surface area contributed by atoms with Crippen molar-refractivity contribution in [2.75, 3.05) is 7.11 Å². The summed E-state index contributed by atoms with van der Waals surface area (Å²) in [6.07, 6.45) is 1.88. The van der Waals surface area contributed by atoms with Gasteiger partial charge in [-0.05, 0) is 31.9 Å². The van der Waals surface area contributed by atoms with E-state index in [1.54, 1.807) is 14.0 Å². The summed E-state index contributed by atoms with van der Waals surface area (Å²) in [5, 5.41) is 9.73. The Morgan fingerprint density at radius 2 is 2.12 bits per heavy atom. The van der Waals surface area contributed by atoms with Crippen LogP contribution in [0.4, 0.5) is 0 Å². The number of ether oxygens (including phenoxy) is 2. The van der Waals surface area contributed by atoms with Gasteiger partial charge in [0, 0.05) is 10.0 Å². The van der Waals surface area contributed by atoms with E-state index in [4.69, 9.17) is 9.47 Å². The van der Waals surface area contributed by atoms with Crippen molar-refractivity contribution in [2.24, 2.45) is 0 Å². The molecule has 1 aromatic carbocycles. The summed E-state index contributed by atoms with van der Waals surface area (Å²) in [5.74, 6) is 1.33. The van der Waals surface area contributed by atoms with Crippen molar-refractivity contribution >= 4 is 15.9 Å². The van der Waals surface area contributed by atoms with Crippen LogP contribution < -0.4 is 9.47 Å². The maximum Gasteiger partial charge on any atom is 0.167 e. The molecule has 0 heterocycles. The lowest BCUT2D eigenvalue weighted by Crippen LogP contribution is -2.04. The number of methoxy groups -OCH3 is 1. The molecule has 16 heavy (non-hydrogen) atoms. The van der Waals surface area contributed by atoms with Crippen molar-refractivity contribution in [2.45, 2.75) is 32.0 Å². The molecule has 0 bridgehead atoms. The standard InChI is InChI=1S/C12H15BrO3/c1-7(14)10-5-8(13)6-11(15-2)12(10)16-9-3-4-9/h5-7,9,14H,3-4H2,1-2H3. The summed E-state index contributed by atoms with van der Waals surface area (Å²) >= 11 is 3.39. The highest BCUT2D eigenvalue weighted by molar-refractivity contribution is 9.10. The van der Waals surface area contributed by atoms with Crippen LogP contribution in [0, 0.1) is 0 Å². The Morgan fingerprint density at radius 3 is 2.62 bits per heavy atom. The van der Waals surface area contributed by atoms with Crippen molar-refractivity contribution in [1.29, 1.82) is 0 Å². The number of aliphatic hydroxyl groups excluding tert-OH is 1. The molecule has 0 saturated heterocycles. The minimum Gasteiger partial charge on any atom is -0.493 e. The van der Waals surface area contributed by atoms with Gasteiger partial charge in [0.2, 0.25) is 0 Å². The third kappa shape index (κ3) is 2.50. The van der Waals surface area contributed by atoms with Crippen molar-refractivity contribution in [3.63, 3.8) is 0 Å². The van der Waals surface area contributed by atoms with Gasteiger partial charge in [0.1, 0.15) is 0 Å². The summed E-state index contributed by atoms with van der Waals surface area (Å²) in [4.78, 5) is 0. The first kappa shape index (κ1) is 11.7. The second-order valence-electron chi connectivity index (χ2n) is 4.02. The Kier molecular flexibility index (Phi) is 3.40. The van der Waals surface area contributed by atoms with E-state index in [-0.39, 0.29) is 6.10 Å². The lowest BCUT2D eigenvalue weighted by atomic mass is 10.1. The van der Waals surface area contributed by atoms with Crippen LogP contribution in [0.5, 0.6) is 11.5 Å². The molecule has 1 unspecified atom stereocenters. The monoisotopic (exact) mass is 286 g/mol. The first-order chi connectivity index (χ1) is 7.61. The van der Waals surface area contributed by atoms with Gasteiger partial charge in [0.25, 0.3) is 0 Å². The normalized spacial score (nSPS) is 17.0. The Labute approximate surface area is 104 Å². The first-order valence-electron chi connectivity index (χ1n) is 5.34. The van der Waals surface area contributed by atoms with Crippen LogP contribution in [0.1, 0.15) is 31.4 Å². The summed E-state index contributed by atoms with van der Waals surface area (Å²) in [7, 11) is 1.60. The van der Waals surface area contributed by atoms with E-state index in [9.17, 15) is 5.11 Å². The van der Waals surface area contributed by atoms with E-state index >= 15 is 0 Å². The van der Waals surface area contributed by atoms with E-state index in [0.29, 0.717) is 11.5 Å². The molecule has 1 atom stereocenters. The molecular formula is C12H15BrO3. The van der Waals surface area contributed by atoms with Crippen molar-refractivity contribution in [3.8, 4) is 11.5 Å². The molecule has 1 aliphatic carbocycles. The van der Waals surface area contributed by atoms with Crippen molar-refractivity contribution < 1.29 is 14.6 Å². The van der Waals surface area contributed by atoms with Gasteiger partial charge in [-0.3, -0.25) is 0 Å². The Bertz CT molecular complexity index is 386. The van der Waals surface area contributed by atoms with E-state index in [0.717, 1.165) is 22.9 Å². The molecular weight excluding hydrogens is 272 g/mol. The summed E-state index contributed by atoms with van der Waals surface area (Å²) in [5.41, 5.74) is 0.762. The molecule has 1 N–H and O–H groups in total. The molecule has 4 heteroatoms. The molecule has 1 aromatic rings. The minimum atomic E-state index is -0.569. The van der Waals surface area contributed by atoms with Crippen LogP contribution in [0.3, 0.4) is 0 Å². The minimum absolute atomic E-state index is 0.285. The lowest BCUT2D eigenvalue weighted by Gasteiger charge is -2.17. The number of aliphatic hydroxyl groups is 1. The fourth-order valence-electron chi connectivity index (χ4n) is 1.53. The molecule has 3 nitrogen and oxygen atoms in total. The van der Waals surface area contributed by atoms with Crippen LogP contribution in [0.2, 0.25) is 0 Å². The highest BCUT2D eigenvalue weighted by Gasteiger charge is 2.27. The average Bonchev–Trinajstić information content (AvgIpc) is 3.03. The molecule has 1 aliphatic rings. The Morgan fingerprint density at radius 1 is 1.44 bits per heavy atom. The van der Waals surface area contributed by atoms with Crippen molar-refractivity contribution in [3.05, 3.63) is 22.2 Å². The molecule has 2 rings (SSSR count). The SMILES string of the molecule is COc1cc(Br)cc(C(C)O)c1OC1CC1. The smallest absolute Gasteiger partial charge is 0.167 e. The topological polar surface area (TPSA) is 38.7 Å². The van der Waals surface area contributed by atoms with Crippen LogP contribution in [-0.2, 0) is 0 Å². The van der Waals surface area contributed by atoms with Gasteiger partial charge >= 0.3 is 0 Å². The number of rotatable bonds is 4. The Balaban J connectivity index is 2.41. The zero-order valence-electron chi connectivity index (χ0n) is 9.37. The van der Waals surface area contributed by atoms with E-state index < -0.39 is 6.10 Å². The lowest BCUT2D eigenvalue weighted by molar-refractivity contribution is 0.187. The van der Waals surface area contributed by atoms with E-state index in [2.05, 4.69) is 15.9 Å². The largest absolute Gasteiger partial charge is 0.493 e. The summed E-state index contributed by atoms with van der Waals surface area (Å²) in [6.45, 7) is 1.72. The van der Waals surface area contributed by atoms with Crippen molar-refractivity contribution in [1.82, 2.24) is 0 Å². The van der Waals surface area contributed by atoms with Crippen LogP contribution in [0.15, 0.2) is 16.6 Å². The van der Waals surface area contributed by atoms with Gasteiger partial charge in [-0.15, -0.1) is 0 Å². The first-order valence-corrected chi connectivity index (χ1v) is 6.13. The molecule has 0 amide bonds. The number of hydrogen-bond donors (Lipinski definition) is 1. The summed E-state index contributed by atoms with van der Waals surface area (Å²) < 4.78 is 11.9. The molecule has 0 aliphatic heterocycles. The van der Waals surface area contributed by atoms with Crippen LogP contribution in [-0.4, -0.2) is 18.3 Å². The summed E-state index contributed by atoms with van der Waals surface area (Å²) in [6, 6.07) is 3.72. The van der Waals surface area contributed by atoms with Gasteiger partial charge < -0.3 is 14.6 Å². The molecule has 0 radical (unpaired) electrons. The Hall–Kier alpha value is -0.740. The van der Waals surface area contributed by atoms with Gasteiger partial charge in [0.05, 0.1) is 19.3 Å². The number of benzene rings is 1. The third-order valence-electron chi connectivity index (χ3n) is 2.53.